The van der Waals surface area contributed by atoms with Crippen LogP contribution in [0.15, 0.2) is 0 Å². The molecular weight excluding hydrogens is 182 g/mol. The maximum atomic E-state index is 4.41. The van der Waals surface area contributed by atoms with Crippen LogP contribution in [0.5, 0.6) is 0 Å². The molecule has 2 rings (SSSR count). The Bertz CT molecular complexity index is 264. The summed E-state index contributed by atoms with van der Waals surface area (Å²) in [5.74, 6) is 0.907. The third-order valence-electron chi connectivity index (χ3n) is 2.39. The van der Waals surface area contributed by atoms with Gasteiger partial charge in [-0.25, -0.2) is 4.98 Å². The van der Waals surface area contributed by atoms with Crippen molar-refractivity contribution in [2.24, 2.45) is 0 Å². The number of nitrogens with zero attached hydrogens (tertiary/aromatic N) is 3. The summed E-state index contributed by atoms with van der Waals surface area (Å²) < 4.78 is 4.21. The minimum atomic E-state index is 0.907. The van der Waals surface area contributed by atoms with E-state index in [-0.39, 0.29) is 0 Å². The summed E-state index contributed by atoms with van der Waals surface area (Å²) in [6.07, 6.45) is 5.35. The van der Waals surface area contributed by atoms with E-state index in [2.05, 4.69) is 14.3 Å². The van der Waals surface area contributed by atoms with Gasteiger partial charge in [-0.1, -0.05) is 12.8 Å². The lowest BCUT2D eigenvalue weighted by Crippen LogP contribution is -2.23. The third-order valence-corrected chi connectivity index (χ3v) is 3.26. The standard InChI is InChI=1S/C9H15N3S/c1-8-10-9(13-11-8)12-6-4-2-3-5-7-12/h2-7H2,1H3. The molecule has 0 atom stereocenters. The van der Waals surface area contributed by atoms with Gasteiger partial charge >= 0.3 is 0 Å². The molecule has 0 aromatic carbocycles. The zero-order valence-electron chi connectivity index (χ0n) is 7.99. The van der Waals surface area contributed by atoms with E-state index in [1.54, 1.807) is 0 Å². The van der Waals surface area contributed by atoms with Crippen LogP contribution in [0.3, 0.4) is 0 Å². The molecular formula is C9H15N3S. The van der Waals surface area contributed by atoms with Crippen molar-refractivity contribution < 1.29 is 0 Å². The van der Waals surface area contributed by atoms with Crippen LogP contribution in [0.4, 0.5) is 5.13 Å². The molecule has 0 amide bonds. The molecule has 1 fully saturated rings. The third kappa shape index (κ3) is 2.18. The first kappa shape index (κ1) is 8.94. The molecule has 0 unspecified atom stereocenters. The van der Waals surface area contributed by atoms with E-state index in [0.29, 0.717) is 0 Å². The highest BCUT2D eigenvalue weighted by molar-refractivity contribution is 7.09. The number of anilines is 1. The smallest absolute Gasteiger partial charge is 0.205 e. The van der Waals surface area contributed by atoms with Crippen LogP contribution < -0.4 is 4.90 Å². The highest BCUT2D eigenvalue weighted by atomic mass is 32.1. The van der Waals surface area contributed by atoms with Crippen LogP contribution in [0, 0.1) is 6.92 Å². The predicted octanol–water partition coefficient (Wildman–Crippen LogP) is 2.23. The summed E-state index contributed by atoms with van der Waals surface area (Å²) in [5, 5.41) is 1.11. The van der Waals surface area contributed by atoms with Crippen molar-refractivity contribution in [3.8, 4) is 0 Å². The van der Waals surface area contributed by atoms with Gasteiger partial charge in [0.1, 0.15) is 5.82 Å². The molecule has 3 nitrogen and oxygen atoms in total. The Morgan fingerprint density at radius 3 is 2.38 bits per heavy atom. The Balaban J connectivity index is 2.06. The summed E-state index contributed by atoms with van der Waals surface area (Å²) >= 11 is 1.53. The van der Waals surface area contributed by atoms with Crippen LogP contribution in [0.25, 0.3) is 0 Å². The Morgan fingerprint density at radius 1 is 1.15 bits per heavy atom. The molecule has 0 bridgehead atoms. The number of rotatable bonds is 1. The lowest BCUT2D eigenvalue weighted by molar-refractivity contribution is 0.726. The predicted molar refractivity (Wildman–Crippen MR) is 55.3 cm³/mol. The number of aromatic nitrogens is 2. The fourth-order valence-electron chi connectivity index (χ4n) is 1.68. The highest BCUT2D eigenvalue weighted by Crippen LogP contribution is 2.20. The van der Waals surface area contributed by atoms with E-state index in [1.165, 1.54) is 37.2 Å². The quantitative estimate of drug-likeness (QED) is 0.691. The molecule has 72 valence electrons. The molecule has 0 saturated carbocycles. The average Bonchev–Trinajstić information content (AvgIpc) is 2.43. The number of hydrogen-bond donors (Lipinski definition) is 0. The van der Waals surface area contributed by atoms with Gasteiger partial charge in [0.25, 0.3) is 0 Å². The van der Waals surface area contributed by atoms with Gasteiger partial charge in [0.15, 0.2) is 0 Å². The van der Waals surface area contributed by atoms with Gasteiger partial charge in [-0.15, -0.1) is 0 Å². The van der Waals surface area contributed by atoms with Gasteiger partial charge in [0, 0.05) is 24.6 Å². The first-order chi connectivity index (χ1) is 6.36. The molecule has 1 aromatic rings. The first-order valence-electron chi connectivity index (χ1n) is 4.91. The van der Waals surface area contributed by atoms with Crippen LogP contribution in [0.1, 0.15) is 31.5 Å². The Labute approximate surface area is 83.0 Å². The van der Waals surface area contributed by atoms with Crippen molar-refractivity contribution in [1.29, 1.82) is 0 Å². The summed E-state index contributed by atoms with van der Waals surface area (Å²) in [6.45, 7) is 4.28. The fraction of sp³-hybridized carbons (Fsp3) is 0.778. The first-order valence-corrected chi connectivity index (χ1v) is 5.69. The largest absolute Gasteiger partial charge is 0.347 e. The Kier molecular flexibility index (Phi) is 2.78. The number of hydrogen-bond acceptors (Lipinski definition) is 4. The molecule has 0 radical (unpaired) electrons. The average molecular weight is 197 g/mol. The molecule has 0 aliphatic carbocycles. The van der Waals surface area contributed by atoms with Crippen molar-refractivity contribution in [1.82, 2.24) is 9.36 Å². The zero-order valence-corrected chi connectivity index (χ0v) is 8.81. The molecule has 1 aromatic heterocycles. The van der Waals surface area contributed by atoms with Gasteiger partial charge in [-0.3, -0.25) is 0 Å². The van der Waals surface area contributed by atoms with Crippen LogP contribution in [-0.2, 0) is 0 Å². The van der Waals surface area contributed by atoms with Crippen molar-refractivity contribution in [2.75, 3.05) is 18.0 Å². The lowest BCUT2D eigenvalue weighted by Gasteiger charge is -2.17. The lowest BCUT2D eigenvalue weighted by atomic mass is 10.2. The van der Waals surface area contributed by atoms with E-state index in [1.807, 2.05) is 6.92 Å². The topological polar surface area (TPSA) is 29.0 Å². The summed E-state index contributed by atoms with van der Waals surface area (Å²) in [5.41, 5.74) is 0. The van der Waals surface area contributed by atoms with Crippen molar-refractivity contribution in [3.05, 3.63) is 5.82 Å². The second-order valence-electron chi connectivity index (χ2n) is 3.53. The molecule has 2 heterocycles. The highest BCUT2D eigenvalue weighted by Gasteiger charge is 2.12. The van der Waals surface area contributed by atoms with Gasteiger partial charge in [0.05, 0.1) is 0 Å². The molecule has 1 aliphatic heterocycles. The maximum Gasteiger partial charge on any atom is 0.205 e. The van der Waals surface area contributed by atoms with Crippen molar-refractivity contribution >= 4 is 16.7 Å². The van der Waals surface area contributed by atoms with Gasteiger partial charge < -0.3 is 4.90 Å². The maximum absolute atomic E-state index is 4.41. The second-order valence-corrected chi connectivity index (χ2v) is 4.26. The molecule has 4 heteroatoms. The minimum Gasteiger partial charge on any atom is -0.347 e. The summed E-state index contributed by atoms with van der Waals surface area (Å²) in [6, 6.07) is 0. The summed E-state index contributed by atoms with van der Waals surface area (Å²) in [4.78, 5) is 6.78. The Morgan fingerprint density at radius 2 is 1.85 bits per heavy atom. The fourth-order valence-corrected chi connectivity index (χ4v) is 2.40. The molecule has 1 saturated heterocycles. The summed E-state index contributed by atoms with van der Waals surface area (Å²) in [7, 11) is 0. The molecule has 1 aliphatic rings. The minimum absolute atomic E-state index is 0.907. The second kappa shape index (κ2) is 4.05. The molecule has 13 heavy (non-hydrogen) atoms. The van der Waals surface area contributed by atoms with E-state index >= 15 is 0 Å². The normalized spacial score (nSPS) is 18.7. The van der Waals surface area contributed by atoms with E-state index in [4.69, 9.17) is 0 Å². The van der Waals surface area contributed by atoms with Crippen LogP contribution in [-0.4, -0.2) is 22.4 Å². The zero-order chi connectivity index (χ0) is 9.10. The van der Waals surface area contributed by atoms with Crippen molar-refractivity contribution in [2.45, 2.75) is 32.6 Å². The van der Waals surface area contributed by atoms with E-state index < -0.39 is 0 Å². The van der Waals surface area contributed by atoms with Gasteiger partial charge in [-0.05, 0) is 19.8 Å². The number of aryl methyl sites for hydroxylation is 1. The Hall–Kier alpha value is -0.640. The SMILES string of the molecule is Cc1nsc(N2CCCCCC2)n1. The molecule has 0 N–H and O–H groups in total. The molecule has 0 spiro atoms. The van der Waals surface area contributed by atoms with Crippen LogP contribution in [0.2, 0.25) is 0 Å². The van der Waals surface area contributed by atoms with E-state index in [0.717, 1.165) is 24.0 Å². The monoisotopic (exact) mass is 197 g/mol. The van der Waals surface area contributed by atoms with Crippen LogP contribution >= 0.6 is 11.5 Å². The van der Waals surface area contributed by atoms with Gasteiger partial charge in [-0.2, -0.15) is 4.37 Å². The van der Waals surface area contributed by atoms with E-state index in [9.17, 15) is 0 Å². The van der Waals surface area contributed by atoms with Gasteiger partial charge in [0.2, 0.25) is 5.13 Å². The van der Waals surface area contributed by atoms with Crippen molar-refractivity contribution in [3.63, 3.8) is 0 Å².